The lowest BCUT2D eigenvalue weighted by Crippen LogP contribution is -2.21. The van der Waals surface area contributed by atoms with Crippen LogP contribution in [0.2, 0.25) is 0 Å². The average Bonchev–Trinajstić information content (AvgIpc) is 2.77. The average molecular weight is 407 g/mol. The van der Waals surface area contributed by atoms with Crippen LogP contribution in [0.15, 0.2) is 54.1 Å². The highest BCUT2D eigenvalue weighted by atomic mass is 16.5. The molecule has 0 heterocycles. The molecule has 0 fully saturated rings. The van der Waals surface area contributed by atoms with Crippen molar-refractivity contribution in [1.82, 2.24) is 5.32 Å². The second-order valence-electron chi connectivity index (χ2n) is 5.95. The van der Waals surface area contributed by atoms with Crippen molar-refractivity contribution >= 4 is 29.5 Å². The zero-order valence-electron chi connectivity index (χ0n) is 16.6. The molecule has 8 heteroatoms. The lowest BCUT2D eigenvalue weighted by molar-refractivity contribution is -0.142. The molecule has 8 nitrogen and oxygen atoms in total. The van der Waals surface area contributed by atoms with Gasteiger partial charge in [-0.1, -0.05) is 12.1 Å². The van der Waals surface area contributed by atoms with Gasteiger partial charge in [0.2, 0.25) is 0 Å². The van der Waals surface area contributed by atoms with Gasteiger partial charge in [-0.15, -0.1) is 0 Å². The molecular weight excluding hydrogens is 386 g/mol. The number of carbonyl (C=O) groups excluding carboxylic acids is 3. The summed E-state index contributed by atoms with van der Waals surface area (Å²) >= 11 is 0. The molecule has 0 aliphatic heterocycles. The van der Waals surface area contributed by atoms with Crippen LogP contribution in [0.1, 0.15) is 22.8 Å². The Kier molecular flexibility index (Phi) is 8.15. The summed E-state index contributed by atoms with van der Waals surface area (Å²) in [4.78, 5) is 35.6. The molecule has 30 heavy (non-hydrogen) atoms. The van der Waals surface area contributed by atoms with Gasteiger partial charge in [0.05, 0.1) is 6.61 Å². The van der Waals surface area contributed by atoms with Crippen molar-refractivity contribution in [3.05, 3.63) is 65.2 Å². The fraction of sp³-hybridized carbons (Fsp3) is 0.182. The number of hydrogen-bond donors (Lipinski definition) is 2. The molecule has 0 bridgehead atoms. The van der Waals surface area contributed by atoms with Gasteiger partial charge < -0.3 is 20.1 Å². The summed E-state index contributed by atoms with van der Waals surface area (Å²) in [6, 6.07) is 14.8. The summed E-state index contributed by atoms with van der Waals surface area (Å²) in [7, 11) is 1.52. The standard InChI is InChI=1S/C22H21N3O5/c1-3-29-19-10-4-15(5-11-19)12-17(13-23)22(28)30-14-20(26)25-18-8-6-16(7-9-18)21(27)24-2/h4-12H,3,14H2,1-2H3,(H,24,27)(H,25,26)/b17-12+. The monoisotopic (exact) mass is 407 g/mol. The molecular formula is C22H21N3O5. The minimum absolute atomic E-state index is 0.234. The van der Waals surface area contributed by atoms with E-state index < -0.39 is 18.5 Å². The van der Waals surface area contributed by atoms with Gasteiger partial charge in [0.25, 0.3) is 11.8 Å². The number of hydrogen-bond acceptors (Lipinski definition) is 6. The lowest BCUT2D eigenvalue weighted by atomic mass is 10.1. The number of carbonyl (C=O) groups is 3. The number of ether oxygens (including phenoxy) is 2. The third-order valence-electron chi connectivity index (χ3n) is 3.83. The van der Waals surface area contributed by atoms with Crippen LogP contribution in [0.3, 0.4) is 0 Å². The first kappa shape index (κ1) is 22.2. The fourth-order valence-electron chi connectivity index (χ4n) is 2.39. The van der Waals surface area contributed by atoms with Crippen LogP contribution in [0.25, 0.3) is 6.08 Å². The second-order valence-corrected chi connectivity index (χ2v) is 5.95. The number of nitriles is 1. The summed E-state index contributed by atoms with van der Waals surface area (Å²) in [5.41, 5.74) is 1.27. The van der Waals surface area contributed by atoms with E-state index in [0.717, 1.165) is 0 Å². The number of benzene rings is 2. The number of esters is 1. The molecule has 2 rings (SSSR count). The first-order chi connectivity index (χ1) is 14.5. The largest absolute Gasteiger partial charge is 0.494 e. The fourth-order valence-corrected chi connectivity index (χ4v) is 2.39. The Labute approximate surface area is 174 Å². The molecule has 0 saturated heterocycles. The third kappa shape index (κ3) is 6.49. The van der Waals surface area contributed by atoms with Gasteiger partial charge in [-0.25, -0.2) is 4.79 Å². The van der Waals surface area contributed by atoms with Crippen LogP contribution in [-0.2, 0) is 14.3 Å². The van der Waals surface area contributed by atoms with Crippen LogP contribution in [0, 0.1) is 11.3 Å². The van der Waals surface area contributed by atoms with Crippen molar-refractivity contribution < 1.29 is 23.9 Å². The molecule has 2 N–H and O–H groups in total. The van der Waals surface area contributed by atoms with Gasteiger partial charge in [0.1, 0.15) is 17.4 Å². The Bertz CT molecular complexity index is 973. The van der Waals surface area contributed by atoms with E-state index in [9.17, 15) is 19.6 Å². The van der Waals surface area contributed by atoms with E-state index in [2.05, 4.69) is 10.6 Å². The molecule has 0 spiro atoms. The maximum atomic E-state index is 12.1. The Morgan fingerprint density at radius 3 is 2.30 bits per heavy atom. The SMILES string of the molecule is CCOc1ccc(/C=C(\C#N)C(=O)OCC(=O)Nc2ccc(C(=O)NC)cc2)cc1. The summed E-state index contributed by atoms with van der Waals surface area (Å²) in [6.07, 6.45) is 1.37. The van der Waals surface area contributed by atoms with Crippen LogP contribution < -0.4 is 15.4 Å². The third-order valence-corrected chi connectivity index (χ3v) is 3.83. The van der Waals surface area contributed by atoms with E-state index in [1.165, 1.54) is 13.1 Å². The molecule has 154 valence electrons. The molecule has 2 amide bonds. The number of rotatable bonds is 8. The Hall–Kier alpha value is -4.12. The molecule has 0 atom stereocenters. The van der Waals surface area contributed by atoms with Gasteiger partial charge in [-0.2, -0.15) is 5.26 Å². The maximum Gasteiger partial charge on any atom is 0.349 e. The van der Waals surface area contributed by atoms with Gasteiger partial charge in [-0.3, -0.25) is 9.59 Å². The normalized spacial score (nSPS) is 10.5. The molecule has 2 aromatic rings. The Balaban J connectivity index is 1.91. The van der Waals surface area contributed by atoms with Crippen molar-refractivity contribution in [2.45, 2.75) is 6.92 Å². The van der Waals surface area contributed by atoms with Crippen molar-refractivity contribution in [3.63, 3.8) is 0 Å². The summed E-state index contributed by atoms with van der Waals surface area (Å²) in [5.74, 6) is -1.05. The smallest absolute Gasteiger partial charge is 0.349 e. The second kappa shape index (κ2) is 11.0. The summed E-state index contributed by atoms with van der Waals surface area (Å²) < 4.78 is 10.2. The van der Waals surface area contributed by atoms with Crippen molar-refractivity contribution in [3.8, 4) is 11.8 Å². The Morgan fingerprint density at radius 2 is 1.73 bits per heavy atom. The van der Waals surface area contributed by atoms with E-state index in [-0.39, 0.29) is 11.5 Å². The zero-order chi connectivity index (χ0) is 21.9. The minimum Gasteiger partial charge on any atom is -0.494 e. The van der Waals surface area contributed by atoms with Gasteiger partial charge in [0.15, 0.2) is 6.61 Å². The number of anilines is 1. The molecule has 0 unspecified atom stereocenters. The van der Waals surface area contributed by atoms with E-state index in [1.807, 2.05) is 6.92 Å². The topological polar surface area (TPSA) is 118 Å². The zero-order valence-corrected chi connectivity index (χ0v) is 16.6. The molecule has 0 aromatic heterocycles. The van der Waals surface area contributed by atoms with Crippen LogP contribution in [-0.4, -0.2) is 38.0 Å². The highest BCUT2D eigenvalue weighted by Crippen LogP contribution is 2.15. The van der Waals surface area contributed by atoms with Crippen molar-refractivity contribution in [1.29, 1.82) is 5.26 Å². The molecule has 0 aliphatic carbocycles. The lowest BCUT2D eigenvalue weighted by Gasteiger charge is -2.07. The van der Waals surface area contributed by atoms with E-state index >= 15 is 0 Å². The summed E-state index contributed by atoms with van der Waals surface area (Å²) in [6.45, 7) is 1.84. The molecule has 0 aliphatic rings. The highest BCUT2D eigenvalue weighted by Gasteiger charge is 2.13. The molecule has 0 radical (unpaired) electrons. The number of nitrogens with one attached hydrogen (secondary N) is 2. The van der Waals surface area contributed by atoms with Crippen molar-refractivity contribution in [2.75, 3.05) is 25.6 Å². The number of nitrogens with zero attached hydrogens (tertiary/aromatic N) is 1. The van der Waals surface area contributed by atoms with Crippen LogP contribution >= 0.6 is 0 Å². The summed E-state index contributed by atoms with van der Waals surface area (Å²) in [5, 5.41) is 14.2. The number of amides is 2. The van der Waals surface area contributed by atoms with Crippen LogP contribution in [0.4, 0.5) is 5.69 Å². The van der Waals surface area contributed by atoms with Gasteiger partial charge in [0, 0.05) is 18.3 Å². The minimum atomic E-state index is -0.906. The Morgan fingerprint density at radius 1 is 1.07 bits per heavy atom. The first-order valence-electron chi connectivity index (χ1n) is 9.10. The quantitative estimate of drug-likeness (QED) is 0.394. The predicted molar refractivity (Wildman–Crippen MR) is 111 cm³/mol. The van der Waals surface area contributed by atoms with E-state index in [0.29, 0.717) is 29.2 Å². The van der Waals surface area contributed by atoms with Crippen molar-refractivity contribution in [2.24, 2.45) is 0 Å². The maximum absolute atomic E-state index is 12.1. The van der Waals surface area contributed by atoms with Gasteiger partial charge in [-0.05, 0) is 55.0 Å². The van der Waals surface area contributed by atoms with Crippen LogP contribution in [0.5, 0.6) is 5.75 Å². The highest BCUT2D eigenvalue weighted by molar-refractivity contribution is 6.00. The van der Waals surface area contributed by atoms with Gasteiger partial charge >= 0.3 is 5.97 Å². The molecule has 2 aromatic carbocycles. The first-order valence-corrected chi connectivity index (χ1v) is 9.10. The van der Waals surface area contributed by atoms with E-state index in [1.54, 1.807) is 54.6 Å². The molecule has 0 saturated carbocycles. The van der Waals surface area contributed by atoms with E-state index in [4.69, 9.17) is 9.47 Å². The predicted octanol–water partition coefficient (Wildman–Crippen LogP) is 2.53.